The molecule has 0 aromatic carbocycles. The highest BCUT2D eigenvalue weighted by atomic mass is 15.1. The molecule has 1 heteroatoms. The van der Waals surface area contributed by atoms with Crippen LogP contribution in [0.2, 0.25) is 0 Å². The first kappa shape index (κ1) is 8.54. The van der Waals surface area contributed by atoms with Crippen LogP contribution in [-0.2, 0) is 0 Å². The van der Waals surface area contributed by atoms with Gasteiger partial charge in [-0.05, 0) is 12.6 Å². The molecule has 9 heavy (non-hydrogen) atoms. The minimum absolute atomic E-state index is 1.15. The zero-order valence-corrected chi connectivity index (χ0v) is 6.56. The van der Waals surface area contributed by atoms with Crippen LogP contribution in [0.25, 0.3) is 0 Å². The Hall–Kier alpha value is -0.460. The minimum Gasteiger partial charge on any atom is -0.381 e. The van der Waals surface area contributed by atoms with Crippen molar-refractivity contribution >= 4 is 0 Å². The fourth-order valence-corrected chi connectivity index (χ4v) is 0.702. The van der Waals surface area contributed by atoms with E-state index in [0.29, 0.717) is 0 Å². The van der Waals surface area contributed by atoms with E-state index in [-0.39, 0.29) is 0 Å². The summed E-state index contributed by atoms with van der Waals surface area (Å²) in [6.07, 6.45) is 5.79. The molecule has 0 aromatic heterocycles. The van der Waals surface area contributed by atoms with E-state index >= 15 is 0 Å². The molecule has 0 radical (unpaired) electrons. The molecule has 1 nitrogen and oxygen atoms in total. The molecule has 0 bridgehead atoms. The first-order valence-corrected chi connectivity index (χ1v) is 3.64. The predicted molar refractivity (Wildman–Crippen MR) is 42.4 cm³/mol. The Morgan fingerprint density at radius 2 is 2.11 bits per heavy atom. The summed E-state index contributed by atoms with van der Waals surface area (Å²) in [5, 5.41) is 0. The topological polar surface area (TPSA) is 3.24 Å². The molecule has 0 saturated carbocycles. The van der Waals surface area contributed by atoms with Crippen LogP contribution in [0.15, 0.2) is 12.8 Å². The zero-order chi connectivity index (χ0) is 7.11. The second-order valence-electron chi connectivity index (χ2n) is 2.37. The first-order valence-electron chi connectivity index (χ1n) is 3.64. The van der Waals surface area contributed by atoms with Gasteiger partial charge in [0.25, 0.3) is 0 Å². The van der Waals surface area contributed by atoms with Gasteiger partial charge in [0, 0.05) is 13.6 Å². The molecule has 0 aliphatic heterocycles. The summed E-state index contributed by atoms with van der Waals surface area (Å²) >= 11 is 0. The van der Waals surface area contributed by atoms with Crippen molar-refractivity contribution in [3.63, 3.8) is 0 Å². The van der Waals surface area contributed by atoms with Crippen LogP contribution < -0.4 is 0 Å². The van der Waals surface area contributed by atoms with Crippen LogP contribution in [0.3, 0.4) is 0 Å². The van der Waals surface area contributed by atoms with Crippen molar-refractivity contribution in [2.24, 2.45) is 0 Å². The van der Waals surface area contributed by atoms with Gasteiger partial charge in [-0.1, -0.05) is 26.3 Å². The molecule has 0 rings (SSSR count). The molecular formula is C8H17N. The summed E-state index contributed by atoms with van der Waals surface area (Å²) in [5.74, 6) is 0. The quantitative estimate of drug-likeness (QED) is 0.512. The van der Waals surface area contributed by atoms with Gasteiger partial charge in [-0.2, -0.15) is 0 Å². The third kappa shape index (κ3) is 5.41. The van der Waals surface area contributed by atoms with Crippen molar-refractivity contribution in [2.45, 2.75) is 26.2 Å². The zero-order valence-electron chi connectivity index (χ0n) is 6.56. The lowest BCUT2D eigenvalue weighted by atomic mass is 10.2. The minimum atomic E-state index is 1.15. The van der Waals surface area contributed by atoms with Crippen LogP contribution >= 0.6 is 0 Å². The molecule has 0 unspecified atom stereocenters. The summed E-state index contributed by atoms with van der Waals surface area (Å²) in [6, 6.07) is 0. The lowest BCUT2D eigenvalue weighted by Crippen LogP contribution is -2.10. The predicted octanol–water partition coefficient (Wildman–Crippen LogP) is 2.25. The maximum Gasteiger partial charge on any atom is 0.0169 e. The number of hydrogen-bond donors (Lipinski definition) is 0. The van der Waals surface area contributed by atoms with Gasteiger partial charge in [0.15, 0.2) is 0 Å². The third-order valence-electron chi connectivity index (χ3n) is 1.43. The Morgan fingerprint density at radius 3 is 2.56 bits per heavy atom. The van der Waals surface area contributed by atoms with Gasteiger partial charge in [-0.3, -0.25) is 0 Å². The Bertz CT molecular complexity index is 69.0. The van der Waals surface area contributed by atoms with E-state index in [1.807, 2.05) is 6.20 Å². The molecule has 0 atom stereocenters. The Labute approximate surface area is 58.4 Å². The highest BCUT2D eigenvalue weighted by Gasteiger charge is 1.87. The summed E-state index contributed by atoms with van der Waals surface area (Å²) in [7, 11) is 2.06. The van der Waals surface area contributed by atoms with Crippen molar-refractivity contribution in [2.75, 3.05) is 13.6 Å². The second-order valence-corrected chi connectivity index (χ2v) is 2.37. The van der Waals surface area contributed by atoms with E-state index in [1.165, 1.54) is 19.3 Å². The number of nitrogens with zero attached hydrogens (tertiary/aromatic N) is 1. The number of hydrogen-bond acceptors (Lipinski definition) is 1. The monoisotopic (exact) mass is 127 g/mol. The van der Waals surface area contributed by atoms with Gasteiger partial charge in [-0.25, -0.2) is 0 Å². The van der Waals surface area contributed by atoms with Crippen molar-refractivity contribution in [1.29, 1.82) is 0 Å². The van der Waals surface area contributed by atoms with E-state index in [0.717, 1.165) is 6.54 Å². The standard InChI is InChI=1S/C8H17N/c1-4-6-7-8-9(3)5-2/h5H,2,4,6-8H2,1,3H3. The average Bonchev–Trinajstić information content (AvgIpc) is 1.89. The maximum absolute atomic E-state index is 3.67. The summed E-state index contributed by atoms with van der Waals surface area (Å²) in [6.45, 7) is 7.03. The van der Waals surface area contributed by atoms with E-state index in [9.17, 15) is 0 Å². The number of unbranched alkanes of at least 4 members (excludes halogenated alkanes) is 2. The van der Waals surface area contributed by atoms with E-state index < -0.39 is 0 Å². The van der Waals surface area contributed by atoms with Crippen LogP contribution in [0.4, 0.5) is 0 Å². The molecule has 0 spiro atoms. The van der Waals surface area contributed by atoms with Gasteiger partial charge in [0.1, 0.15) is 0 Å². The SMILES string of the molecule is C=CN(C)CCCCC. The summed E-state index contributed by atoms with van der Waals surface area (Å²) in [4.78, 5) is 2.12. The van der Waals surface area contributed by atoms with E-state index in [4.69, 9.17) is 0 Å². The van der Waals surface area contributed by atoms with Gasteiger partial charge in [0.2, 0.25) is 0 Å². The second kappa shape index (κ2) is 5.67. The van der Waals surface area contributed by atoms with Crippen LogP contribution in [0.5, 0.6) is 0 Å². The molecule has 54 valence electrons. The van der Waals surface area contributed by atoms with Gasteiger partial charge < -0.3 is 4.90 Å². The molecule has 0 amide bonds. The molecular weight excluding hydrogens is 110 g/mol. The molecule has 0 saturated heterocycles. The first-order chi connectivity index (χ1) is 4.31. The van der Waals surface area contributed by atoms with Gasteiger partial charge in [0.05, 0.1) is 0 Å². The normalized spacial score (nSPS) is 9.11. The van der Waals surface area contributed by atoms with E-state index in [2.05, 4.69) is 25.5 Å². The van der Waals surface area contributed by atoms with Crippen molar-refractivity contribution in [3.05, 3.63) is 12.8 Å². The number of rotatable bonds is 5. The lowest BCUT2D eigenvalue weighted by molar-refractivity contribution is 0.436. The Balaban J connectivity index is 2.96. The molecule has 0 fully saturated rings. The molecule has 0 aromatic rings. The molecule has 0 N–H and O–H groups in total. The smallest absolute Gasteiger partial charge is 0.0169 e. The van der Waals surface area contributed by atoms with Gasteiger partial charge >= 0.3 is 0 Å². The van der Waals surface area contributed by atoms with Crippen molar-refractivity contribution in [3.8, 4) is 0 Å². The van der Waals surface area contributed by atoms with Crippen molar-refractivity contribution in [1.82, 2.24) is 4.90 Å². The Morgan fingerprint density at radius 1 is 1.44 bits per heavy atom. The molecule has 0 heterocycles. The fourth-order valence-electron chi connectivity index (χ4n) is 0.702. The van der Waals surface area contributed by atoms with Crippen molar-refractivity contribution < 1.29 is 0 Å². The fraction of sp³-hybridized carbons (Fsp3) is 0.750. The highest BCUT2D eigenvalue weighted by Crippen LogP contribution is 1.95. The highest BCUT2D eigenvalue weighted by molar-refractivity contribution is 4.65. The maximum atomic E-state index is 3.67. The average molecular weight is 127 g/mol. The van der Waals surface area contributed by atoms with Crippen LogP contribution in [0, 0.1) is 0 Å². The van der Waals surface area contributed by atoms with Crippen LogP contribution in [-0.4, -0.2) is 18.5 Å². The Kier molecular flexibility index (Phi) is 5.38. The lowest BCUT2D eigenvalue weighted by Gasteiger charge is -2.11. The molecule has 0 aliphatic carbocycles. The van der Waals surface area contributed by atoms with E-state index in [1.54, 1.807) is 0 Å². The largest absolute Gasteiger partial charge is 0.381 e. The van der Waals surface area contributed by atoms with Crippen LogP contribution in [0.1, 0.15) is 26.2 Å². The summed E-state index contributed by atoms with van der Waals surface area (Å²) < 4.78 is 0. The third-order valence-corrected chi connectivity index (χ3v) is 1.43. The summed E-state index contributed by atoms with van der Waals surface area (Å²) in [5.41, 5.74) is 0. The van der Waals surface area contributed by atoms with Gasteiger partial charge in [-0.15, -0.1) is 0 Å². The molecule has 0 aliphatic rings.